The molecule has 0 aliphatic rings. The van der Waals surface area contributed by atoms with E-state index in [1.54, 1.807) is 0 Å². The lowest BCUT2D eigenvalue weighted by atomic mass is 10.2. The van der Waals surface area contributed by atoms with E-state index in [4.69, 9.17) is 23.2 Å². The van der Waals surface area contributed by atoms with Crippen LogP contribution in [-0.2, 0) is 0 Å². The summed E-state index contributed by atoms with van der Waals surface area (Å²) in [7, 11) is 0. The molecule has 0 aromatic heterocycles. The van der Waals surface area contributed by atoms with Crippen molar-refractivity contribution in [1.82, 2.24) is 0 Å². The Bertz CT molecular complexity index is 61.0. The van der Waals surface area contributed by atoms with Crippen molar-refractivity contribution in [1.29, 1.82) is 0 Å². The lowest BCUT2D eigenvalue weighted by Crippen LogP contribution is -1.96. The Labute approximate surface area is 87.5 Å². The minimum Gasteiger partial charge on any atom is -0.147 e. The molecular formula is C6H12AlCl3. The summed E-state index contributed by atoms with van der Waals surface area (Å²) in [6.45, 7) is 0. The van der Waals surface area contributed by atoms with Gasteiger partial charge in [-0.25, -0.2) is 0 Å². The van der Waals surface area contributed by atoms with Gasteiger partial charge in [-0.2, -0.15) is 0 Å². The zero-order valence-electron chi connectivity index (χ0n) is 5.85. The minimum atomic E-state index is 0. The van der Waals surface area contributed by atoms with Gasteiger partial charge in [0.2, 0.25) is 0 Å². The fourth-order valence-electron chi connectivity index (χ4n) is 0.578. The molecule has 1 atom stereocenters. The van der Waals surface area contributed by atoms with Gasteiger partial charge in [-0.05, 0) is 12.8 Å². The molecule has 2 radical (unpaired) electrons. The Morgan fingerprint density at radius 1 is 1.30 bits per heavy atom. The number of halogens is 3. The SMILES string of the molecule is Cl.[Al][CH2]C(Cl)CCCCCl. The average Bonchev–Trinajstić information content (AvgIpc) is 1.89. The number of hydrogen-bond acceptors (Lipinski definition) is 0. The summed E-state index contributed by atoms with van der Waals surface area (Å²) in [4.78, 5) is 0. The van der Waals surface area contributed by atoms with Crippen LogP contribution in [0.4, 0.5) is 0 Å². The van der Waals surface area contributed by atoms with Crippen molar-refractivity contribution >= 4 is 51.9 Å². The second-order valence-electron chi connectivity index (χ2n) is 2.02. The van der Waals surface area contributed by atoms with Crippen molar-refractivity contribution in [3.05, 3.63) is 0 Å². The van der Waals surface area contributed by atoms with Crippen molar-refractivity contribution in [2.45, 2.75) is 29.9 Å². The molecule has 0 nitrogen and oxygen atoms in total. The first-order valence-electron chi connectivity index (χ1n) is 3.21. The van der Waals surface area contributed by atoms with Crippen LogP contribution in [-0.4, -0.2) is 27.5 Å². The maximum absolute atomic E-state index is 5.84. The summed E-state index contributed by atoms with van der Waals surface area (Å²) >= 11 is 14.0. The molecule has 0 spiro atoms. The van der Waals surface area contributed by atoms with Gasteiger partial charge in [0.1, 0.15) is 16.3 Å². The van der Waals surface area contributed by atoms with Crippen molar-refractivity contribution in [3.63, 3.8) is 0 Å². The van der Waals surface area contributed by atoms with Crippen molar-refractivity contribution in [3.8, 4) is 0 Å². The van der Waals surface area contributed by atoms with Crippen LogP contribution >= 0.6 is 35.6 Å². The minimum absolute atomic E-state index is 0. The van der Waals surface area contributed by atoms with Crippen LogP contribution in [0.3, 0.4) is 0 Å². The Morgan fingerprint density at radius 2 is 1.90 bits per heavy atom. The molecule has 0 aliphatic carbocycles. The lowest BCUT2D eigenvalue weighted by Gasteiger charge is -2.03. The van der Waals surface area contributed by atoms with Crippen LogP contribution in [0.25, 0.3) is 0 Å². The second-order valence-corrected chi connectivity index (χ2v) is 3.48. The fraction of sp³-hybridized carbons (Fsp3) is 1.00. The summed E-state index contributed by atoms with van der Waals surface area (Å²) in [5, 5.41) is 1.32. The highest BCUT2D eigenvalue weighted by Crippen LogP contribution is 2.10. The van der Waals surface area contributed by atoms with Crippen LogP contribution < -0.4 is 0 Å². The molecule has 0 aromatic rings. The first-order valence-corrected chi connectivity index (χ1v) is 5.00. The van der Waals surface area contributed by atoms with Gasteiger partial charge in [0.15, 0.2) is 0 Å². The van der Waals surface area contributed by atoms with Crippen molar-refractivity contribution < 1.29 is 0 Å². The highest BCUT2D eigenvalue weighted by Gasteiger charge is 1.97. The molecule has 0 amide bonds. The quantitative estimate of drug-likeness (QED) is 0.377. The van der Waals surface area contributed by atoms with Gasteiger partial charge in [-0.1, -0.05) is 6.42 Å². The van der Waals surface area contributed by atoms with Crippen LogP contribution in [0.1, 0.15) is 19.3 Å². The van der Waals surface area contributed by atoms with Crippen LogP contribution in [0, 0.1) is 0 Å². The Kier molecular flexibility index (Phi) is 14.5. The average molecular weight is 218 g/mol. The summed E-state index contributed by atoms with van der Waals surface area (Å²) in [5.74, 6) is 0.764. The smallest absolute Gasteiger partial charge is 0.120 e. The molecule has 0 N–H and O–H groups in total. The van der Waals surface area contributed by atoms with Gasteiger partial charge < -0.3 is 0 Å². The zero-order chi connectivity index (χ0) is 7.11. The Balaban J connectivity index is 0. The van der Waals surface area contributed by atoms with E-state index < -0.39 is 0 Å². The van der Waals surface area contributed by atoms with Crippen LogP contribution in [0.5, 0.6) is 0 Å². The molecule has 0 heterocycles. The summed E-state index contributed by atoms with van der Waals surface area (Å²) in [6, 6.07) is 0. The van der Waals surface area contributed by atoms with Crippen molar-refractivity contribution in [2.24, 2.45) is 0 Å². The van der Waals surface area contributed by atoms with Crippen molar-refractivity contribution in [2.75, 3.05) is 5.88 Å². The zero-order valence-corrected chi connectivity index (χ0v) is 9.34. The van der Waals surface area contributed by atoms with E-state index in [0.717, 1.165) is 30.4 Å². The van der Waals surface area contributed by atoms with Gasteiger partial charge in [-0.15, -0.1) is 40.9 Å². The molecule has 0 saturated carbocycles. The molecular weight excluding hydrogens is 205 g/mol. The van der Waals surface area contributed by atoms with E-state index >= 15 is 0 Å². The Hall–Kier alpha value is 1.40. The molecule has 1 unspecified atom stereocenters. The van der Waals surface area contributed by atoms with E-state index in [0.29, 0.717) is 5.38 Å². The van der Waals surface area contributed by atoms with E-state index in [1.165, 1.54) is 0 Å². The van der Waals surface area contributed by atoms with Gasteiger partial charge in [0, 0.05) is 11.3 Å². The third kappa shape index (κ3) is 9.40. The van der Waals surface area contributed by atoms with Gasteiger partial charge in [0.05, 0.1) is 0 Å². The predicted octanol–water partition coefficient (Wildman–Crippen LogP) is 3.01. The number of hydrogen-bond donors (Lipinski definition) is 0. The first kappa shape index (κ1) is 14.0. The van der Waals surface area contributed by atoms with E-state index in [-0.39, 0.29) is 12.4 Å². The van der Waals surface area contributed by atoms with E-state index in [2.05, 4.69) is 16.3 Å². The van der Waals surface area contributed by atoms with Gasteiger partial charge >= 0.3 is 0 Å². The van der Waals surface area contributed by atoms with Crippen LogP contribution in [0.15, 0.2) is 0 Å². The van der Waals surface area contributed by atoms with Crippen LogP contribution in [0.2, 0.25) is 5.28 Å². The normalized spacial score (nSPS) is 12.2. The third-order valence-corrected chi connectivity index (χ3v) is 2.69. The van der Waals surface area contributed by atoms with Gasteiger partial charge in [-0.3, -0.25) is 0 Å². The molecule has 4 heteroatoms. The molecule has 0 fully saturated rings. The topological polar surface area (TPSA) is 0 Å². The van der Waals surface area contributed by atoms with Gasteiger partial charge in [0.25, 0.3) is 0 Å². The standard InChI is InChI=1S/C6H11Cl2.Al.ClH/c1-6(8)4-2-3-5-7;;/h6H,1-5H2;;1H. The monoisotopic (exact) mass is 216 g/mol. The molecule has 10 heavy (non-hydrogen) atoms. The maximum atomic E-state index is 5.84. The van der Waals surface area contributed by atoms with E-state index in [9.17, 15) is 0 Å². The largest absolute Gasteiger partial charge is 0.147 e. The highest BCUT2D eigenvalue weighted by atomic mass is 35.5. The first-order chi connectivity index (χ1) is 4.31. The molecule has 0 rings (SSSR count). The number of rotatable bonds is 5. The fourth-order valence-corrected chi connectivity index (χ4v) is 1.16. The summed E-state index contributed by atoms with van der Waals surface area (Å²) in [5.41, 5.74) is 0. The van der Waals surface area contributed by atoms with E-state index in [1.807, 2.05) is 0 Å². The lowest BCUT2D eigenvalue weighted by molar-refractivity contribution is 0.710. The molecule has 60 valence electrons. The third-order valence-electron chi connectivity index (χ3n) is 1.16. The molecule has 0 aromatic carbocycles. The summed E-state index contributed by atoms with van der Waals surface area (Å²) < 4.78 is 0. The molecule has 0 saturated heterocycles. The summed E-state index contributed by atoms with van der Waals surface area (Å²) in [6.07, 6.45) is 3.35. The highest BCUT2D eigenvalue weighted by molar-refractivity contribution is 6.25. The Morgan fingerprint density at radius 3 is 2.30 bits per heavy atom. The number of alkyl halides is 2. The second kappa shape index (κ2) is 10.4. The maximum Gasteiger partial charge on any atom is 0.120 e. The number of unbranched alkanes of at least 4 members (excludes halogenated alkanes) is 1. The molecule has 0 aliphatic heterocycles. The predicted molar refractivity (Wildman–Crippen MR) is 52.0 cm³/mol. The molecule has 0 bridgehead atoms.